The topological polar surface area (TPSA) is 42.4 Å². The van der Waals surface area contributed by atoms with Crippen LogP contribution >= 0.6 is 0 Å². The molecule has 4 heteroatoms. The second-order valence-corrected chi connectivity index (χ2v) is 10.8. The molecule has 9 aromatic rings. The van der Waals surface area contributed by atoms with Crippen LogP contribution in [-0.2, 0) is 0 Å². The molecule has 6 aromatic carbocycles. The third-order valence-electron chi connectivity index (χ3n) is 8.31. The number of fused-ring (bicyclic) bond motifs is 8. The van der Waals surface area contributed by atoms with Gasteiger partial charge in [0, 0.05) is 28.3 Å². The molecule has 0 aliphatic heterocycles. The Labute approximate surface area is 247 Å². The highest BCUT2D eigenvalue weighted by atomic mass is 16.3. The van der Waals surface area contributed by atoms with Crippen LogP contribution in [0.2, 0.25) is 0 Å². The molecule has 0 aliphatic rings. The number of hydrogen-bond donors (Lipinski definition) is 0. The Bertz CT molecular complexity index is 2450. The molecule has 202 valence electrons. The molecule has 3 aromatic heterocycles. The monoisotopic (exact) mass is 552 g/mol. The maximum Gasteiger partial charge on any atom is 0.159 e. The third-order valence-corrected chi connectivity index (χ3v) is 8.31. The van der Waals surface area contributed by atoms with Gasteiger partial charge in [-0.05, 0) is 76.5 Å². The highest BCUT2D eigenvalue weighted by molar-refractivity contribution is 6.18. The van der Waals surface area contributed by atoms with Crippen molar-refractivity contribution in [2.24, 2.45) is 0 Å². The standard InChI is InChI=1S/C39H24N2O2/c1-2-8-25(9-3-1)26-15-19-28(20-16-26)41(33-12-6-11-31-30-10-4-5-13-34(30)43-39(31)33)29-21-17-27-18-22-35-37(32(27)24-29)38-36(42-35)14-7-23-40-38/h1-24H. The Balaban J connectivity index is 1.31. The molecule has 0 bridgehead atoms. The van der Waals surface area contributed by atoms with Crippen LogP contribution in [0.5, 0.6) is 0 Å². The van der Waals surface area contributed by atoms with Crippen LogP contribution in [0.1, 0.15) is 0 Å². The van der Waals surface area contributed by atoms with Crippen LogP contribution in [-0.4, -0.2) is 4.98 Å². The zero-order valence-corrected chi connectivity index (χ0v) is 23.1. The predicted octanol–water partition coefficient (Wildman–Crippen LogP) is 11.2. The summed E-state index contributed by atoms with van der Waals surface area (Å²) in [4.78, 5) is 6.98. The first-order valence-electron chi connectivity index (χ1n) is 14.4. The average molecular weight is 553 g/mol. The van der Waals surface area contributed by atoms with Crippen molar-refractivity contribution in [3.8, 4) is 11.1 Å². The Hall–Kier alpha value is -5.87. The van der Waals surface area contributed by atoms with E-state index in [0.29, 0.717) is 0 Å². The Morgan fingerprint density at radius 1 is 0.488 bits per heavy atom. The van der Waals surface area contributed by atoms with Gasteiger partial charge in [0.1, 0.15) is 16.7 Å². The van der Waals surface area contributed by atoms with Gasteiger partial charge < -0.3 is 13.7 Å². The fraction of sp³-hybridized carbons (Fsp3) is 0. The molecule has 0 aliphatic carbocycles. The van der Waals surface area contributed by atoms with Crippen molar-refractivity contribution in [2.45, 2.75) is 0 Å². The van der Waals surface area contributed by atoms with E-state index >= 15 is 0 Å². The van der Waals surface area contributed by atoms with Crippen LogP contribution in [0, 0.1) is 0 Å². The van der Waals surface area contributed by atoms with E-state index < -0.39 is 0 Å². The molecular weight excluding hydrogens is 528 g/mol. The molecule has 43 heavy (non-hydrogen) atoms. The van der Waals surface area contributed by atoms with Crippen molar-refractivity contribution < 1.29 is 8.83 Å². The quantitative estimate of drug-likeness (QED) is 0.218. The van der Waals surface area contributed by atoms with E-state index in [0.717, 1.165) is 71.8 Å². The number of para-hydroxylation sites is 2. The second-order valence-electron chi connectivity index (χ2n) is 10.8. The van der Waals surface area contributed by atoms with E-state index in [1.165, 1.54) is 11.1 Å². The molecule has 3 heterocycles. The fourth-order valence-corrected chi connectivity index (χ4v) is 6.30. The number of aromatic nitrogens is 1. The number of nitrogens with zero attached hydrogens (tertiary/aromatic N) is 2. The zero-order chi connectivity index (χ0) is 28.3. The van der Waals surface area contributed by atoms with Gasteiger partial charge in [-0.3, -0.25) is 4.98 Å². The van der Waals surface area contributed by atoms with Gasteiger partial charge in [-0.1, -0.05) is 84.9 Å². The van der Waals surface area contributed by atoms with E-state index in [1.54, 1.807) is 0 Å². The number of rotatable bonds is 4. The van der Waals surface area contributed by atoms with Crippen LogP contribution in [0.15, 0.2) is 155 Å². The maximum atomic E-state index is 6.54. The molecule has 4 nitrogen and oxygen atoms in total. The van der Waals surface area contributed by atoms with Gasteiger partial charge in [-0.25, -0.2) is 0 Å². The third kappa shape index (κ3) is 3.74. The maximum absolute atomic E-state index is 6.54. The summed E-state index contributed by atoms with van der Waals surface area (Å²) < 4.78 is 12.7. The lowest BCUT2D eigenvalue weighted by Crippen LogP contribution is -2.10. The first kappa shape index (κ1) is 23.8. The minimum absolute atomic E-state index is 0.788. The van der Waals surface area contributed by atoms with Crippen molar-refractivity contribution >= 4 is 71.8 Å². The molecule has 0 unspecified atom stereocenters. The highest BCUT2D eigenvalue weighted by Crippen LogP contribution is 2.44. The van der Waals surface area contributed by atoms with Crippen molar-refractivity contribution in [3.63, 3.8) is 0 Å². The molecule has 0 amide bonds. The molecule has 0 atom stereocenters. The van der Waals surface area contributed by atoms with Crippen LogP contribution in [0.25, 0.3) is 65.9 Å². The number of hydrogen-bond acceptors (Lipinski definition) is 4. The fourth-order valence-electron chi connectivity index (χ4n) is 6.30. The van der Waals surface area contributed by atoms with Gasteiger partial charge in [0.25, 0.3) is 0 Å². The van der Waals surface area contributed by atoms with Crippen molar-refractivity contribution in [1.82, 2.24) is 4.98 Å². The minimum Gasteiger partial charge on any atom is -0.454 e. The Morgan fingerprint density at radius 3 is 2.14 bits per heavy atom. The average Bonchev–Trinajstić information content (AvgIpc) is 3.65. The zero-order valence-electron chi connectivity index (χ0n) is 23.1. The summed E-state index contributed by atoms with van der Waals surface area (Å²) in [7, 11) is 0. The van der Waals surface area contributed by atoms with Gasteiger partial charge in [-0.2, -0.15) is 0 Å². The van der Waals surface area contributed by atoms with Gasteiger partial charge >= 0.3 is 0 Å². The van der Waals surface area contributed by atoms with E-state index in [2.05, 4.69) is 108 Å². The van der Waals surface area contributed by atoms with E-state index in [4.69, 9.17) is 13.8 Å². The number of benzene rings is 6. The van der Waals surface area contributed by atoms with Gasteiger partial charge in [-0.15, -0.1) is 0 Å². The lowest BCUT2D eigenvalue weighted by atomic mass is 10.0. The molecule has 0 saturated carbocycles. The van der Waals surface area contributed by atoms with Crippen molar-refractivity contribution in [3.05, 3.63) is 146 Å². The van der Waals surface area contributed by atoms with Crippen molar-refractivity contribution in [1.29, 1.82) is 0 Å². The molecular formula is C39H24N2O2. The van der Waals surface area contributed by atoms with Crippen LogP contribution in [0.4, 0.5) is 17.1 Å². The van der Waals surface area contributed by atoms with Gasteiger partial charge in [0.15, 0.2) is 11.2 Å². The number of pyridine rings is 1. The SMILES string of the molecule is c1ccc(-c2ccc(N(c3ccc4ccc5oc6cccnc6c5c4c3)c3cccc4c3oc3ccccc34)cc2)cc1. The lowest BCUT2D eigenvalue weighted by Gasteiger charge is -2.26. The molecule has 9 rings (SSSR count). The normalized spacial score (nSPS) is 11.7. The summed E-state index contributed by atoms with van der Waals surface area (Å²) in [5.41, 5.74) is 9.61. The van der Waals surface area contributed by atoms with Crippen LogP contribution in [0.3, 0.4) is 0 Å². The summed E-state index contributed by atoms with van der Waals surface area (Å²) in [6, 6.07) is 48.4. The largest absolute Gasteiger partial charge is 0.454 e. The molecule has 0 N–H and O–H groups in total. The summed E-state index contributed by atoms with van der Waals surface area (Å²) in [5, 5.41) is 5.44. The van der Waals surface area contributed by atoms with E-state index in [9.17, 15) is 0 Å². The summed E-state index contributed by atoms with van der Waals surface area (Å²) in [6.07, 6.45) is 1.82. The minimum atomic E-state index is 0.788. The summed E-state index contributed by atoms with van der Waals surface area (Å²) in [5.74, 6) is 0. The molecule has 0 fully saturated rings. The first-order chi connectivity index (χ1) is 21.3. The first-order valence-corrected chi connectivity index (χ1v) is 14.4. The Kier molecular flexibility index (Phi) is 5.16. The molecule has 0 saturated heterocycles. The number of furan rings is 2. The van der Waals surface area contributed by atoms with Gasteiger partial charge in [0.2, 0.25) is 0 Å². The smallest absolute Gasteiger partial charge is 0.159 e. The molecule has 0 spiro atoms. The highest BCUT2D eigenvalue weighted by Gasteiger charge is 2.21. The van der Waals surface area contributed by atoms with Crippen LogP contribution < -0.4 is 4.90 Å². The lowest BCUT2D eigenvalue weighted by molar-refractivity contribution is 0.668. The van der Waals surface area contributed by atoms with E-state index in [-0.39, 0.29) is 0 Å². The van der Waals surface area contributed by atoms with E-state index in [1.807, 2.05) is 42.6 Å². The summed E-state index contributed by atoms with van der Waals surface area (Å²) in [6.45, 7) is 0. The predicted molar refractivity (Wildman–Crippen MR) is 176 cm³/mol. The second kappa shape index (κ2) is 9.33. The van der Waals surface area contributed by atoms with Gasteiger partial charge in [0.05, 0.1) is 11.1 Å². The van der Waals surface area contributed by atoms with Crippen molar-refractivity contribution in [2.75, 3.05) is 4.90 Å². The Morgan fingerprint density at radius 2 is 1.23 bits per heavy atom. The number of anilines is 3. The molecule has 0 radical (unpaired) electrons. The summed E-state index contributed by atoms with van der Waals surface area (Å²) >= 11 is 0.